The molecule has 0 spiro atoms. The minimum atomic E-state index is -0.932. The fraction of sp³-hybridized carbons (Fsp3) is 0.364. The molecular formula is C11H15NO3. The highest BCUT2D eigenvalue weighted by Crippen LogP contribution is 2.21. The van der Waals surface area contributed by atoms with Crippen molar-refractivity contribution in [3.05, 3.63) is 29.8 Å². The standard InChI is InChI=1S/C11H15NO3/c1-8(12(2)11(13)14)9-4-6-10(15-3)7-5-9/h4-8H,1-3H3,(H,13,14)/t8-/m1/s1. The Balaban J connectivity index is 2.82. The summed E-state index contributed by atoms with van der Waals surface area (Å²) in [5.74, 6) is 0.768. The van der Waals surface area contributed by atoms with E-state index in [0.29, 0.717) is 0 Å². The molecule has 0 bridgehead atoms. The molecule has 1 N–H and O–H groups in total. The van der Waals surface area contributed by atoms with Gasteiger partial charge in [0.2, 0.25) is 0 Å². The van der Waals surface area contributed by atoms with Crippen molar-refractivity contribution in [2.75, 3.05) is 14.2 Å². The van der Waals surface area contributed by atoms with Crippen LogP contribution in [0.2, 0.25) is 0 Å². The average molecular weight is 209 g/mol. The average Bonchev–Trinajstić information content (AvgIpc) is 2.27. The number of carbonyl (C=O) groups is 1. The molecule has 0 fully saturated rings. The van der Waals surface area contributed by atoms with Crippen molar-refractivity contribution in [3.8, 4) is 5.75 Å². The van der Waals surface area contributed by atoms with Gasteiger partial charge in [-0.05, 0) is 24.6 Å². The smallest absolute Gasteiger partial charge is 0.407 e. The first kappa shape index (κ1) is 11.4. The van der Waals surface area contributed by atoms with E-state index in [-0.39, 0.29) is 6.04 Å². The number of rotatable bonds is 3. The number of benzene rings is 1. The van der Waals surface area contributed by atoms with Gasteiger partial charge in [0, 0.05) is 7.05 Å². The highest BCUT2D eigenvalue weighted by molar-refractivity contribution is 5.65. The molecule has 1 aromatic carbocycles. The quantitative estimate of drug-likeness (QED) is 0.831. The van der Waals surface area contributed by atoms with Gasteiger partial charge in [0.05, 0.1) is 13.2 Å². The van der Waals surface area contributed by atoms with Gasteiger partial charge in [-0.2, -0.15) is 0 Å². The summed E-state index contributed by atoms with van der Waals surface area (Å²) >= 11 is 0. The number of amides is 1. The van der Waals surface area contributed by atoms with Crippen LogP contribution in [-0.2, 0) is 0 Å². The van der Waals surface area contributed by atoms with E-state index in [9.17, 15) is 4.79 Å². The van der Waals surface area contributed by atoms with Gasteiger partial charge in [0.1, 0.15) is 5.75 Å². The summed E-state index contributed by atoms with van der Waals surface area (Å²) in [6.45, 7) is 1.84. The van der Waals surface area contributed by atoms with E-state index in [1.165, 1.54) is 4.90 Å². The molecule has 4 heteroatoms. The monoisotopic (exact) mass is 209 g/mol. The second-order valence-electron chi connectivity index (χ2n) is 3.34. The summed E-state index contributed by atoms with van der Waals surface area (Å²) in [5, 5.41) is 8.82. The van der Waals surface area contributed by atoms with Crippen molar-refractivity contribution in [1.29, 1.82) is 0 Å². The van der Waals surface area contributed by atoms with E-state index >= 15 is 0 Å². The van der Waals surface area contributed by atoms with Crippen molar-refractivity contribution in [1.82, 2.24) is 4.90 Å². The van der Waals surface area contributed by atoms with Crippen LogP contribution in [0.1, 0.15) is 18.5 Å². The molecule has 0 radical (unpaired) electrons. The van der Waals surface area contributed by atoms with Crippen LogP contribution < -0.4 is 4.74 Å². The van der Waals surface area contributed by atoms with Crippen LogP contribution in [0.3, 0.4) is 0 Å². The third kappa shape index (κ3) is 2.62. The van der Waals surface area contributed by atoms with Gasteiger partial charge in [-0.1, -0.05) is 12.1 Å². The predicted molar refractivity (Wildman–Crippen MR) is 57.2 cm³/mol. The lowest BCUT2D eigenvalue weighted by Crippen LogP contribution is -2.27. The van der Waals surface area contributed by atoms with Gasteiger partial charge in [-0.25, -0.2) is 4.79 Å². The zero-order chi connectivity index (χ0) is 11.4. The third-order valence-electron chi connectivity index (χ3n) is 2.48. The summed E-state index contributed by atoms with van der Waals surface area (Å²) in [7, 11) is 3.15. The minimum Gasteiger partial charge on any atom is -0.497 e. The molecule has 82 valence electrons. The summed E-state index contributed by atoms with van der Waals surface area (Å²) in [6, 6.07) is 7.21. The maximum absolute atomic E-state index is 10.7. The fourth-order valence-corrected chi connectivity index (χ4v) is 1.27. The molecule has 4 nitrogen and oxygen atoms in total. The maximum Gasteiger partial charge on any atom is 0.407 e. The summed E-state index contributed by atoms with van der Waals surface area (Å²) < 4.78 is 5.03. The van der Waals surface area contributed by atoms with Crippen molar-refractivity contribution in [2.24, 2.45) is 0 Å². The Hall–Kier alpha value is -1.71. The molecule has 0 aliphatic heterocycles. The van der Waals surface area contributed by atoms with Gasteiger partial charge in [0.25, 0.3) is 0 Å². The van der Waals surface area contributed by atoms with Gasteiger partial charge < -0.3 is 14.7 Å². The molecular weight excluding hydrogens is 194 g/mol. The number of nitrogens with zero attached hydrogens (tertiary/aromatic N) is 1. The minimum absolute atomic E-state index is 0.159. The van der Waals surface area contributed by atoms with Crippen LogP contribution in [0.5, 0.6) is 5.75 Å². The van der Waals surface area contributed by atoms with Crippen molar-refractivity contribution >= 4 is 6.09 Å². The molecule has 1 rings (SSSR count). The maximum atomic E-state index is 10.7. The van der Waals surface area contributed by atoms with E-state index in [0.717, 1.165) is 11.3 Å². The van der Waals surface area contributed by atoms with Crippen LogP contribution in [0.4, 0.5) is 4.79 Å². The Bertz CT molecular complexity index is 334. The lowest BCUT2D eigenvalue weighted by Gasteiger charge is -2.22. The van der Waals surface area contributed by atoms with Gasteiger partial charge in [0.15, 0.2) is 0 Å². The van der Waals surface area contributed by atoms with Gasteiger partial charge >= 0.3 is 6.09 Å². The Labute approximate surface area is 89.1 Å². The zero-order valence-electron chi connectivity index (χ0n) is 9.10. The SMILES string of the molecule is COc1ccc([C@@H](C)N(C)C(=O)O)cc1. The summed E-state index contributed by atoms with van der Waals surface area (Å²) in [6.07, 6.45) is -0.932. The zero-order valence-corrected chi connectivity index (χ0v) is 9.10. The molecule has 15 heavy (non-hydrogen) atoms. The van der Waals surface area contributed by atoms with E-state index in [1.54, 1.807) is 14.2 Å². The Kier molecular flexibility index (Phi) is 3.55. The second kappa shape index (κ2) is 4.68. The van der Waals surface area contributed by atoms with Crippen LogP contribution in [-0.4, -0.2) is 30.3 Å². The van der Waals surface area contributed by atoms with Crippen LogP contribution >= 0.6 is 0 Å². The fourth-order valence-electron chi connectivity index (χ4n) is 1.27. The molecule has 0 heterocycles. The first-order valence-corrected chi connectivity index (χ1v) is 4.66. The van der Waals surface area contributed by atoms with Crippen molar-refractivity contribution < 1.29 is 14.6 Å². The Morgan fingerprint density at radius 3 is 2.33 bits per heavy atom. The molecule has 0 saturated heterocycles. The van der Waals surface area contributed by atoms with E-state index in [4.69, 9.17) is 9.84 Å². The molecule has 1 atom stereocenters. The summed E-state index contributed by atoms with van der Waals surface area (Å²) in [4.78, 5) is 12.0. The summed E-state index contributed by atoms with van der Waals surface area (Å²) in [5.41, 5.74) is 0.945. The molecule has 0 aromatic heterocycles. The number of ether oxygens (including phenoxy) is 1. The second-order valence-corrected chi connectivity index (χ2v) is 3.34. The normalized spacial score (nSPS) is 11.9. The van der Waals surface area contributed by atoms with E-state index in [1.807, 2.05) is 31.2 Å². The highest BCUT2D eigenvalue weighted by Gasteiger charge is 2.15. The van der Waals surface area contributed by atoms with E-state index in [2.05, 4.69) is 0 Å². The first-order chi connectivity index (χ1) is 7.06. The largest absolute Gasteiger partial charge is 0.497 e. The third-order valence-corrected chi connectivity index (χ3v) is 2.48. The number of carboxylic acid groups (broad SMARTS) is 1. The topological polar surface area (TPSA) is 49.8 Å². The van der Waals surface area contributed by atoms with Crippen molar-refractivity contribution in [3.63, 3.8) is 0 Å². The predicted octanol–water partition coefficient (Wildman–Crippen LogP) is 2.37. The van der Waals surface area contributed by atoms with E-state index < -0.39 is 6.09 Å². The van der Waals surface area contributed by atoms with Crippen LogP contribution in [0.25, 0.3) is 0 Å². The number of hydrogen-bond acceptors (Lipinski definition) is 2. The van der Waals surface area contributed by atoms with Gasteiger partial charge in [-0.3, -0.25) is 0 Å². The van der Waals surface area contributed by atoms with Crippen LogP contribution in [0.15, 0.2) is 24.3 Å². The molecule has 0 aliphatic carbocycles. The van der Waals surface area contributed by atoms with Gasteiger partial charge in [-0.15, -0.1) is 0 Å². The number of methoxy groups -OCH3 is 1. The molecule has 1 aromatic rings. The molecule has 0 saturated carbocycles. The molecule has 1 amide bonds. The van der Waals surface area contributed by atoms with Crippen LogP contribution in [0, 0.1) is 0 Å². The lowest BCUT2D eigenvalue weighted by atomic mass is 10.1. The Morgan fingerprint density at radius 1 is 1.40 bits per heavy atom. The molecule has 0 unspecified atom stereocenters. The lowest BCUT2D eigenvalue weighted by molar-refractivity contribution is 0.142. The molecule has 0 aliphatic rings. The first-order valence-electron chi connectivity index (χ1n) is 4.66. The Morgan fingerprint density at radius 2 is 1.93 bits per heavy atom. The highest BCUT2D eigenvalue weighted by atomic mass is 16.5. The number of hydrogen-bond donors (Lipinski definition) is 1. The van der Waals surface area contributed by atoms with Crippen molar-refractivity contribution in [2.45, 2.75) is 13.0 Å².